The molecule has 334 valence electrons. The molecule has 1 saturated heterocycles. The molecule has 3 unspecified atom stereocenters. The molecule has 1 fully saturated rings. The molecule has 0 aromatic rings. The molecule has 0 aliphatic carbocycles. The summed E-state index contributed by atoms with van der Waals surface area (Å²) >= 11 is 0. The maximum absolute atomic E-state index is 12.6. The summed E-state index contributed by atoms with van der Waals surface area (Å²) in [5, 5.41) is 8.89. The molecule has 1 aliphatic rings. The van der Waals surface area contributed by atoms with Crippen LogP contribution in [0.1, 0.15) is 142 Å². The van der Waals surface area contributed by atoms with Crippen molar-refractivity contribution in [3.05, 3.63) is 85.1 Å². The van der Waals surface area contributed by atoms with E-state index in [1.165, 1.54) is 38.5 Å². The Morgan fingerprint density at radius 3 is 1.54 bits per heavy atom. The number of nitrogens with two attached hydrogens (primary N) is 1. The molecule has 59 heavy (non-hydrogen) atoms. The predicted octanol–water partition coefficient (Wildman–Crippen LogP) is 10.5. The molecule has 1 aliphatic heterocycles. The van der Waals surface area contributed by atoms with E-state index in [-0.39, 0.29) is 25.0 Å². The van der Waals surface area contributed by atoms with Gasteiger partial charge in [0, 0.05) is 12.8 Å². The van der Waals surface area contributed by atoms with E-state index in [1.807, 2.05) is 18.2 Å². The zero-order valence-electron chi connectivity index (χ0n) is 35.7. The third kappa shape index (κ3) is 34.1. The number of carbonyl (C=O) groups excluding carboxylic acids is 2. The summed E-state index contributed by atoms with van der Waals surface area (Å²) in [6, 6.07) is -1.54. The van der Waals surface area contributed by atoms with Crippen molar-refractivity contribution in [2.75, 3.05) is 19.8 Å². The molecule has 0 radical (unpaired) electrons. The number of allylic oxidation sites excluding steroid dienone is 12. The lowest BCUT2D eigenvalue weighted by atomic mass is 10.1. The standard InChI is InChI=1S/C46H74NO11P/c1-3-5-7-9-11-13-14-15-16-17-18-19-20-22-24-26-32-36-45(49)57-40(38-55-59(52,53)56-39-41(47)46(50)51)37-54-44(48)35-31-28-27-30-34-43-42(58-43)33-29-25-23-21-12-10-8-6-4-2/h11-13,15-16,18-19,21-22,24-25,27,29-30,40-43H,3-10,14,17,20,23,26,28,31-39,47H2,1-2H3,(H,50,51)(H,52,53)/b13-11-,16-15-,19-18-,21-12-,24-22-,29-25-,30-27-/t40-,41+,42?,43?/m1/s1. The van der Waals surface area contributed by atoms with Gasteiger partial charge in [-0.1, -0.05) is 125 Å². The van der Waals surface area contributed by atoms with E-state index in [9.17, 15) is 23.8 Å². The number of phosphoric ester groups is 1. The minimum absolute atomic E-state index is 0.0652. The molecule has 12 nitrogen and oxygen atoms in total. The number of phosphoric acid groups is 1. The maximum atomic E-state index is 12.6. The first-order valence-corrected chi connectivity index (χ1v) is 23.2. The number of carboxylic acids is 1. The Morgan fingerprint density at radius 1 is 0.610 bits per heavy atom. The van der Waals surface area contributed by atoms with Gasteiger partial charge >= 0.3 is 25.7 Å². The van der Waals surface area contributed by atoms with Crippen LogP contribution in [0.2, 0.25) is 0 Å². The largest absolute Gasteiger partial charge is 0.480 e. The number of carboxylic acid groups (broad SMARTS) is 1. The summed E-state index contributed by atoms with van der Waals surface area (Å²) in [5.74, 6) is -2.55. The van der Waals surface area contributed by atoms with Gasteiger partial charge in [-0.3, -0.25) is 23.4 Å². The lowest BCUT2D eigenvalue weighted by Gasteiger charge is -2.20. The average Bonchev–Trinajstić information content (AvgIpc) is 3.97. The summed E-state index contributed by atoms with van der Waals surface area (Å²) in [7, 11) is -4.75. The van der Waals surface area contributed by atoms with Crippen molar-refractivity contribution in [2.24, 2.45) is 5.73 Å². The van der Waals surface area contributed by atoms with Crippen molar-refractivity contribution in [3.63, 3.8) is 0 Å². The van der Waals surface area contributed by atoms with Crippen LogP contribution in [0.25, 0.3) is 0 Å². The van der Waals surface area contributed by atoms with Gasteiger partial charge in [0.25, 0.3) is 0 Å². The fraction of sp³-hybridized carbons (Fsp3) is 0.630. The topological polar surface area (TPSA) is 184 Å². The van der Waals surface area contributed by atoms with Crippen LogP contribution < -0.4 is 5.73 Å². The normalized spacial score (nSPS) is 18.0. The SMILES string of the molecule is CCCCC/C=C\C/C=C\C/C=C\C/C=C\CCCC(=O)O[C@H](COC(=O)CCC/C=C\CC1OC1C/C=C\C/C=C\CCCCC)COP(=O)(O)OC[C@H](N)C(=O)O. The highest BCUT2D eigenvalue weighted by molar-refractivity contribution is 7.47. The molecule has 5 atom stereocenters. The molecule has 1 rings (SSSR count). The monoisotopic (exact) mass is 847 g/mol. The molecule has 0 spiro atoms. The van der Waals surface area contributed by atoms with E-state index in [0.29, 0.717) is 25.7 Å². The number of hydrogen-bond donors (Lipinski definition) is 3. The zero-order valence-corrected chi connectivity index (χ0v) is 36.6. The van der Waals surface area contributed by atoms with Crippen molar-refractivity contribution in [3.8, 4) is 0 Å². The molecular weight excluding hydrogens is 773 g/mol. The first kappa shape index (κ1) is 53.6. The fourth-order valence-electron chi connectivity index (χ4n) is 5.44. The first-order valence-electron chi connectivity index (χ1n) is 21.7. The lowest BCUT2D eigenvalue weighted by Crippen LogP contribution is -2.34. The Labute approximate surface area is 354 Å². The molecule has 4 N–H and O–H groups in total. The number of unbranched alkanes of at least 4 members (excludes halogenated alkanes) is 8. The minimum Gasteiger partial charge on any atom is -0.480 e. The second kappa shape index (κ2) is 36.5. The van der Waals surface area contributed by atoms with Gasteiger partial charge in [0.15, 0.2) is 6.10 Å². The summed E-state index contributed by atoms with van der Waals surface area (Å²) in [6.07, 6.45) is 46.8. The van der Waals surface area contributed by atoms with Crippen molar-refractivity contribution >= 4 is 25.7 Å². The van der Waals surface area contributed by atoms with Crippen molar-refractivity contribution in [1.29, 1.82) is 0 Å². The van der Waals surface area contributed by atoms with E-state index < -0.39 is 57.7 Å². The van der Waals surface area contributed by atoms with Gasteiger partial charge < -0.3 is 29.9 Å². The van der Waals surface area contributed by atoms with Crippen LogP contribution in [0.15, 0.2) is 85.1 Å². The third-order valence-electron chi connectivity index (χ3n) is 9.02. The number of epoxide rings is 1. The number of carbonyl (C=O) groups is 3. The predicted molar refractivity (Wildman–Crippen MR) is 235 cm³/mol. The summed E-state index contributed by atoms with van der Waals surface area (Å²) in [6.45, 7) is 2.60. The number of aliphatic carboxylic acids is 1. The van der Waals surface area contributed by atoms with E-state index in [2.05, 4.69) is 85.2 Å². The molecule has 1 heterocycles. The van der Waals surface area contributed by atoms with Gasteiger partial charge in [-0.15, -0.1) is 0 Å². The second-order valence-corrected chi connectivity index (χ2v) is 16.0. The van der Waals surface area contributed by atoms with Crippen LogP contribution in [0.5, 0.6) is 0 Å². The number of ether oxygens (including phenoxy) is 3. The highest BCUT2D eigenvalue weighted by atomic mass is 31.2. The maximum Gasteiger partial charge on any atom is 0.472 e. The average molecular weight is 848 g/mol. The molecule has 0 aromatic carbocycles. The van der Waals surface area contributed by atoms with Crippen molar-refractivity contribution < 1.29 is 52.2 Å². The summed E-state index contributed by atoms with van der Waals surface area (Å²) < 4.78 is 38.3. The molecule has 0 bridgehead atoms. The number of esters is 2. The van der Waals surface area contributed by atoms with Crippen LogP contribution in [0.3, 0.4) is 0 Å². The summed E-state index contributed by atoms with van der Waals surface area (Å²) in [4.78, 5) is 46.0. The van der Waals surface area contributed by atoms with Gasteiger partial charge in [0.1, 0.15) is 12.6 Å². The zero-order chi connectivity index (χ0) is 43.2. The second-order valence-electron chi connectivity index (χ2n) is 14.5. The first-order chi connectivity index (χ1) is 28.6. The molecule has 0 amide bonds. The quantitative estimate of drug-likeness (QED) is 0.0176. The van der Waals surface area contributed by atoms with Crippen molar-refractivity contribution in [1.82, 2.24) is 0 Å². The lowest BCUT2D eigenvalue weighted by molar-refractivity contribution is -0.161. The van der Waals surface area contributed by atoms with E-state index in [0.717, 1.165) is 51.4 Å². The van der Waals surface area contributed by atoms with Crippen LogP contribution in [-0.4, -0.2) is 72.1 Å². The molecule has 0 saturated carbocycles. The van der Waals surface area contributed by atoms with Crippen LogP contribution in [0, 0.1) is 0 Å². The molecule has 13 heteroatoms. The highest BCUT2D eigenvalue weighted by Gasteiger charge is 2.36. The van der Waals surface area contributed by atoms with Crippen LogP contribution in [0.4, 0.5) is 0 Å². The van der Waals surface area contributed by atoms with Gasteiger partial charge in [-0.2, -0.15) is 0 Å². The van der Waals surface area contributed by atoms with Gasteiger partial charge in [0.2, 0.25) is 0 Å². The Balaban J connectivity index is 2.39. The summed E-state index contributed by atoms with van der Waals surface area (Å²) in [5.41, 5.74) is 5.33. The highest BCUT2D eigenvalue weighted by Crippen LogP contribution is 2.43. The third-order valence-corrected chi connectivity index (χ3v) is 9.97. The van der Waals surface area contributed by atoms with Gasteiger partial charge in [-0.25, -0.2) is 4.57 Å². The number of rotatable bonds is 38. The van der Waals surface area contributed by atoms with E-state index >= 15 is 0 Å². The minimum atomic E-state index is -4.75. The van der Waals surface area contributed by atoms with Crippen molar-refractivity contribution in [2.45, 2.75) is 167 Å². The smallest absolute Gasteiger partial charge is 0.472 e. The Bertz CT molecular complexity index is 1390. The van der Waals surface area contributed by atoms with Gasteiger partial charge in [-0.05, 0) is 89.9 Å². The molecule has 0 aromatic heterocycles. The fourth-order valence-corrected chi connectivity index (χ4v) is 6.22. The van der Waals surface area contributed by atoms with E-state index in [1.54, 1.807) is 0 Å². The number of hydrogen-bond acceptors (Lipinski definition) is 10. The van der Waals surface area contributed by atoms with Crippen LogP contribution >= 0.6 is 7.82 Å². The Hall–Kier alpha value is -3.38. The van der Waals surface area contributed by atoms with E-state index in [4.69, 9.17) is 29.6 Å². The van der Waals surface area contributed by atoms with Crippen LogP contribution in [-0.2, 0) is 42.2 Å². The van der Waals surface area contributed by atoms with Gasteiger partial charge in [0.05, 0.1) is 25.4 Å². The Kier molecular flexibility index (Phi) is 33.2. The molecular formula is C46H74NO11P. The Morgan fingerprint density at radius 2 is 1.03 bits per heavy atom.